The van der Waals surface area contributed by atoms with E-state index in [1.54, 1.807) is 6.20 Å². The van der Waals surface area contributed by atoms with E-state index in [1.165, 1.54) is 5.56 Å². The first-order chi connectivity index (χ1) is 11.8. The maximum atomic E-state index is 12.9. The number of aromatic nitrogens is 2. The van der Waals surface area contributed by atoms with Crippen molar-refractivity contribution >= 4 is 11.6 Å². The molecule has 1 aromatic carbocycles. The lowest BCUT2D eigenvalue weighted by atomic mass is 9.90. The Morgan fingerprint density at radius 3 is 2.62 bits per heavy atom. The van der Waals surface area contributed by atoms with Crippen molar-refractivity contribution in [3.05, 3.63) is 72.2 Å². The van der Waals surface area contributed by atoms with Crippen LogP contribution in [0, 0.1) is 5.92 Å². The third kappa shape index (κ3) is 2.92. The SMILES string of the molecule is O=C(c1cccc2nccn12)N1CCC(Cc2ccccc2)CC1. The Morgan fingerprint density at radius 1 is 1.04 bits per heavy atom. The van der Waals surface area contributed by atoms with Gasteiger partial charge in [-0.1, -0.05) is 36.4 Å². The lowest BCUT2D eigenvalue weighted by molar-refractivity contribution is 0.0683. The molecule has 0 N–H and O–H groups in total. The van der Waals surface area contributed by atoms with E-state index in [-0.39, 0.29) is 5.91 Å². The number of carbonyl (C=O) groups is 1. The standard InChI is InChI=1S/C20H21N3O/c24-20(18-7-4-8-19-21-11-14-23(18)19)22-12-9-17(10-13-22)15-16-5-2-1-3-6-16/h1-8,11,14,17H,9-10,12-13,15H2. The Morgan fingerprint density at radius 2 is 1.83 bits per heavy atom. The number of rotatable bonds is 3. The minimum absolute atomic E-state index is 0.108. The van der Waals surface area contributed by atoms with Crippen molar-refractivity contribution in [3.8, 4) is 0 Å². The fourth-order valence-corrected chi connectivity index (χ4v) is 3.57. The lowest BCUT2D eigenvalue weighted by Crippen LogP contribution is -2.39. The zero-order valence-corrected chi connectivity index (χ0v) is 13.6. The summed E-state index contributed by atoms with van der Waals surface area (Å²) in [5, 5.41) is 0. The average Bonchev–Trinajstić information content (AvgIpc) is 3.11. The van der Waals surface area contributed by atoms with E-state index in [9.17, 15) is 4.79 Å². The van der Waals surface area contributed by atoms with Crippen LogP contribution < -0.4 is 0 Å². The number of imidazole rings is 1. The van der Waals surface area contributed by atoms with Gasteiger partial charge in [0.15, 0.2) is 0 Å². The third-order valence-electron chi connectivity index (χ3n) is 4.92. The molecule has 3 heterocycles. The summed E-state index contributed by atoms with van der Waals surface area (Å²) >= 11 is 0. The zero-order valence-electron chi connectivity index (χ0n) is 13.6. The van der Waals surface area contributed by atoms with Crippen molar-refractivity contribution in [3.63, 3.8) is 0 Å². The van der Waals surface area contributed by atoms with Crippen LogP contribution in [0.15, 0.2) is 60.9 Å². The first-order valence-corrected chi connectivity index (χ1v) is 8.56. The van der Waals surface area contributed by atoms with E-state index < -0.39 is 0 Å². The molecule has 0 unspecified atom stereocenters. The molecule has 4 heteroatoms. The molecule has 24 heavy (non-hydrogen) atoms. The Bertz CT molecular complexity index is 832. The van der Waals surface area contributed by atoms with Crippen LogP contribution >= 0.6 is 0 Å². The third-order valence-corrected chi connectivity index (χ3v) is 4.92. The molecule has 1 aliphatic rings. The van der Waals surface area contributed by atoms with Crippen molar-refractivity contribution in [1.29, 1.82) is 0 Å². The van der Waals surface area contributed by atoms with Crippen LogP contribution in [-0.4, -0.2) is 33.3 Å². The molecule has 0 atom stereocenters. The van der Waals surface area contributed by atoms with Crippen LogP contribution in [0.25, 0.3) is 5.65 Å². The van der Waals surface area contributed by atoms with Gasteiger partial charge in [-0.25, -0.2) is 4.98 Å². The number of carbonyl (C=O) groups excluding carboxylic acids is 1. The molecule has 0 aliphatic carbocycles. The second-order valence-corrected chi connectivity index (χ2v) is 6.49. The van der Waals surface area contributed by atoms with Crippen LogP contribution in [0.1, 0.15) is 28.9 Å². The molecule has 0 radical (unpaired) electrons. The molecule has 4 rings (SSSR count). The Hall–Kier alpha value is -2.62. The molecular formula is C20H21N3O. The van der Waals surface area contributed by atoms with Crippen molar-refractivity contribution in [2.75, 3.05) is 13.1 Å². The van der Waals surface area contributed by atoms with Crippen molar-refractivity contribution in [1.82, 2.24) is 14.3 Å². The van der Waals surface area contributed by atoms with Gasteiger partial charge in [0.2, 0.25) is 0 Å². The molecule has 0 spiro atoms. The highest BCUT2D eigenvalue weighted by Crippen LogP contribution is 2.23. The van der Waals surface area contributed by atoms with Gasteiger partial charge in [-0.3, -0.25) is 9.20 Å². The number of likely N-dealkylation sites (tertiary alicyclic amines) is 1. The smallest absolute Gasteiger partial charge is 0.270 e. The summed E-state index contributed by atoms with van der Waals surface area (Å²) < 4.78 is 1.87. The number of hydrogen-bond acceptors (Lipinski definition) is 2. The number of piperidine rings is 1. The molecule has 0 saturated carbocycles. The van der Waals surface area contributed by atoms with Crippen molar-refractivity contribution in [2.45, 2.75) is 19.3 Å². The molecule has 0 bridgehead atoms. The predicted octanol–water partition coefficient (Wildman–Crippen LogP) is 3.43. The van der Waals surface area contributed by atoms with E-state index in [0.717, 1.165) is 38.0 Å². The number of amides is 1. The maximum Gasteiger partial charge on any atom is 0.270 e. The number of benzene rings is 1. The van der Waals surface area contributed by atoms with E-state index >= 15 is 0 Å². The maximum absolute atomic E-state index is 12.9. The van der Waals surface area contributed by atoms with Gasteiger partial charge in [0, 0.05) is 25.5 Å². The van der Waals surface area contributed by atoms with E-state index in [1.807, 2.05) is 33.7 Å². The minimum atomic E-state index is 0.108. The van der Waals surface area contributed by atoms with Gasteiger partial charge >= 0.3 is 0 Å². The highest BCUT2D eigenvalue weighted by Gasteiger charge is 2.24. The number of pyridine rings is 1. The van der Waals surface area contributed by atoms with Gasteiger partial charge in [-0.05, 0) is 42.9 Å². The van der Waals surface area contributed by atoms with Gasteiger partial charge in [0.1, 0.15) is 11.3 Å². The van der Waals surface area contributed by atoms with Crippen molar-refractivity contribution < 1.29 is 4.79 Å². The highest BCUT2D eigenvalue weighted by molar-refractivity contribution is 5.93. The Kier molecular flexibility index (Phi) is 4.03. The zero-order chi connectivity index (χ0) is 16.4. The molecular weight excluding hydrogens is 298 g/mol. The van der Waals surface area contributed by atoms with Crippen molar-refractivity contribution in [2.24, 2.45) is 5.92 Å². The van der Waals surface area contributed by atoms with Crippen LogP contribution in [0.5, 0.6) is 0 Å². The summed E-state index contributed by atoms with van der Waals surface area (Å²) in [6.07, 6.45) is 6.84. The summed E-state index contributed by atoms with van der Waals surface area (Å²) in [6, 6.07) is 16.3. The van der Waals surface area contributed by atoms with E-state index in [0.29, 0.717) is 11.6 Å². The van der Waals surface area contributed by atoms with Crippen LogP contribution in [0.4, 0.5) is 0 Å². The second kappa shape index (κ2) is 6.48. The monoisotopic (exact) mass is 319 g/mol. The topological polar surface area (TPSA) is 37.6 Å². The van der Waals surface area contributed by atoms with Gasteiger partial charge in [-0.2, -0.15) is 0 Å². The normalized spacial score (nSPS) is 15.8. The molecule has 4 nitrogen and oxygen atoms in total. The molecule has 1 aliphatic heterocycles. The molecule has 1 fully saturated rings. The van der Waals surface area contributed by atoms with Crippen LogP contribution in [0.3, 0.4) is 0 Å². The number of nitrogens with zero attached hydrogens (tertiary/aromatic N) is 3. The average molecular weight is 319 g/mol. The Labute approximate surface area is 141 Å². The minimum Gasteiger partial charge on any atom is -0.337 e. The summed E-state index contributed by atoms with van der Waals surface area (Å²) in [5.41, 5.74) is 2.91. The molecule has 1 amide bonds. The highest BCUT2D eigenvalue weighted by atomic mass is 16.2. The van der Waals surface area contributed by atoms with Gasteiger partial charge in [-0.15, -0.1) is 0 Å². The fourth-order valence-electron chi connectivity index (χ4n) is 3.57. The predicted molar refractivity (Wildman–Crippen MR) is 94.0 cm³/mol. The lowest BCUT2D eigenvalue weighted by Gasteiger charge is -2.32. The van der Waals surface area contributed by atoms with Gasteiger partial charge in [0.05, 0.1) is 0 Å². The molecule has 1 saturated heterocycles. The second-order valence-electron chi connectivity index (χ2n) is 6.49. The van der Waals surface area contributed by atoms with Gasteiger partial charge < -0.3 is 4.90 Å². The summed E-state index contributed by atoms with van der Waals surface area (Å²) in [7, 11) is 0. The van der Waals surface area contributed by atoms with Crippen LogP contribution in [0.2, 0.25) is 0 Å². The molecule has 122 valence electrons. The van der Waals surface area contributed by atoms with E-state index in [4.69, 9.17) is 0 Å². The fraction of sp³-hybridized carbons (Fsp3) is 0.300. The van der Waals surface area contributed by atoms with Gasteiger partial charge in [0.25, 0.3) is 5.91 Å². The van der Waals surface area contributed by atoms with Crippen LogP contribution in [-0.2, 0) is 6.42 Å². The quantitative estimate of drug-likeness (QED) is 0.742. The number of fused-ring (bicyclic) bond motifs is 1. The summed E-state index contributed by atoms with van der Waals surface area (Å²) in [6.45, 7) is 1.67. The summed E-state index contributed by atoms with van der Waals surface area (Å²) in [4.78, 5) is 19.1. The first-order valence-electron chi connectivity index (χ1n) is 8.56. The summed E-state index contributed by atoms with van der Waals surface area (Å²) in [5.74, 6) is 0.775. The largest absolute Gasteiger partial charge is 0.337 e. The Balaban J connectivity index is 1.42. The number of hydrogen-bond donors (Lipinski definition) is 0. The first kappa shape index (κ1) is 14.9. The van der Waals surface area contributed by atoms with E-state index in [2.05, 4.69) is 35.3 Å². The molecule has 2 aromatic heterocycles. The molecule has 3 aromatic rings.